The maximum Gasteiger partial charge on any atom is 0.337 e. The van der Waals surface area contributed by atoms with E-state index >= 15 is 0 Å². The molecule has 5 nitrogen and oxygen atoms in total. The molecule has 2 atom stereocenters. The number of nitrogens with zero attached hydrogens (tertiary/aromatic N) is 1. The lowest BCUT2D eigenvalue weighted by atomic mass is 9.97. The Hall–Kier alpha value is -3.02. The van der Waals surface area contributed by atoms with E-state index in [1.54, 1.807) is 14.0 Å². The van der Waals surface area contributed by atoms with Gasteiger partial charge >= 0.3 is 5.97 Å². The third-order valence-electron chi connectivity index (χ3n) is 5.30. The third-order valence-corrected chi connectivity index (χ3v) is 5.71. The maximum absolute atomic E-state index is 12.6. The van der Waals surface area contributed by atoms with Crippen molar-refractivity contribution in [2.45, 2.75) is 32.5 Å². The van der Waals surface area contributed by atoms with E-state index in [9.17, 15) is 9.90 Å². The van der Waals surface area contributed by atoms with Gasteiger partial charge in [0.1, 0.15) is 5.75 Å². The van der Waals surface area contributed by atoms with E-state index in [0.717, 1.165) is 28.1 Å². The van der Waals surface area contributed by atoms with Crippen molar-refractivity contribution in [1.29, 1.82) is 0 Å². The van der Waals surface area contributed by atoms with E-state index in [1.807, 2.05) is 84.6 Å². The fourth-order valence-electron chi connectivity index (χ4n) is 3.58. The summed E-state index contributed by atoms with van der Waals surface area (Å²) >= 11 is 6.45. The van der Waals surface area contributed by atoms with Crippen LogP contribution in [0.25, 0.3) is 0 Å². The largest absolute Gasteiger partial charge is 0.497 e. The van der Waals surface area contributed by atoms with Crippen molar-refractivity contribution in [3.63, 3.8) is 0 Å². The lowest BCUT2D eigenvalue weighted by Gasteiger charge is -2.36. The van der Waals surface area contributed by atoms with Crippen LogP contribution < -0.4 is 9.64 Å². The summed E-state index contributed by atoms with van der Waals surface area (Å²) in [5.74, 6) is 0.0872. The van der Waals surface area contributed by atoms with E-state index in [1.165, 1.54) is 0 Å². The molecule has 0 radical (unpaired) electrons. The van der Waals surface area contributed by atoms with Crippen molar-refractivity contribution in [3.05, 3.63) is 94.5 Å². The number of rotatable bonds is 9. The molecule has 3 aromatic rings. The van der Waals surface area contributed by atoms with Crippen LogP contribution in [0.5, 0.6) is 5.75 Å². The number of halogens is 1. The second-order valence-corrected chi connectivity index (χ2v) is 7.87. The van der Waals surface area contributed by atoms with Gasteiger partial charge in [0.05, 0.1) is 19.8 Å². The van der Waals surface area contributed by atoms with E-state index < -0.39 is 18.1 Å². The third kappa shape index (κ3) is 5.61. The van der Waals surface area contributed by atoms with Gasteiger partial charge in [0.25, 0.3) is 0 Å². The Labute approximate surface area is 194 Å². The van der Waals surface area contributed by atoms with Gasteiger partial charge in [-0.1, -0.05) is 60.1 Å². The topological polar surface area (TPSA) is 59.0 Å². The van der Waals surface area contributed by atoms with E-state index in [2.05, 4.69) is 0 Å². The second-order valence-electron chi connectivity index (χ2n) is 7.46. The van der Waals surface area contributed by atoms with Crippen LogP contribution in [0, 0.1) is 6.92 Å². The summed E-state index contributed by atoms with van der Waals surface area (Å²) < 4.78 is 10.4. The molecule has 0 saturated carbocycles. The number of aryl methyl sites for hydroxylation is 1. The normalized spacial score (nSPS) is 12.7. The SMILES string of the molecule is CCOC(=O)[C@H](O)[C@@H](c1ccccc1)N(Cc1ccc(OC)cc1)c1ccc(C)c(Cl)c1. The fraction of sp³-hybridized carbons (Fsp3) is 0.269. The number of esters is 1. The van der Waals surface area contributed by atoms with Crippen LogP contribution in [0.15, 0.2) is 72.8 Å². The molecule has 0 saturated heterocycles. The average Bonchev–Trinajstić information content (AvgIpc) is 2.81. The Kier molecular flexibility index (Phi) is 8.14. The molecule has 168 valence electrons. The first kappa shape index (κ1) is 23.6. The van der Waals surface area contributed by atoms with Gasteiger partial charge in [-0.05, 0) is 54.8 Å². The number of carbonyl (C=O) groups excluding carboxylic acids is 1. The van der Waals surface area contributed by atoms with E-state index in [0.29, 0.717) is 11.6 Å². The van der Waals surface area contributed by atoms with Gasteiger partial charge in [0.15, 0.2) is 6.10 Å². The van der Waals surface area contributed by atoms with Gasteiger partial charge in [0.2, 0.25) is 0 Å². The average molecular weight is 454 g/mol. The van der Waals surface area contributed by atoms with Crippen LogP contribution in [0.3, 0.4) is 0 Å². The minimum atomic E-state index is -1.39. The quantitative estimate of drug-likeness (QED) is 0.444. The lowest BCUT2D eigenvalue weighted by Crippen LogP contribution is -2.41. The molecule has 0 unspecified atom stereocenters. The number of ether oxygens (including phenoxy) is 2. The molecule has 1 N–H and O–H groups in total. The molecule has 0 aliphatic heterocycles. The number of anilines is 1. The minimum absolute atomic E-state index is 0.187. The van der Waals surface area contributed by atoms with Gasteiger partial charge in [-0.2, -0.15) is 0 Å². The highest BCUT2D eigenvalue weighted by molar-refractivity contribution is 6.31. The summed E-state index contributed by atoms with van der Waals surface area (Å²) in [5, 5.41) is 11.7. The van der Waals surface area contributed by atoms with Crippen molar-refractivity contribution < 1.29 is 19.4 Å². The zero-order valence-electron chi connectivity index (χ0n) is 18.5. The second kappa shape index (κ2) is 11.0. The van der Waals surface area contributed by atoms with E-state index in [4.69, 9.17) is 21.1 Å². The van der Waals surface area contributed by atoms with Crippen molar-refractivity contribution in [2.24, 2.45) is 0 Å². The molecule has 3 aromatic carbocycles. The number of aliphatic hydroxyl groups excluding tert-OH is 1. The minimum Gasteiger partial charge on any atom is -0.497 e. The molecule has 32 heavy (non-hydrogen) atoms. The van der Waals surface area contributed by atoms with Crippen LogP contribution in [-0.4, -0.2) is 30.9 Å². The van der Waals surface area contributed by atoms with Gasteiger partial charge in [-0.3, -0.25) is 0 Å². The van der Waals surface area contributed by atoms with E-state index in [-0.39, 0.29) is 6.61 Å². The van der Waals surface area contributed by atoms with Crippen molar-refractivity contribution in [2.75, 3.05) is 18.6 Å². The van der Waals surface area contributed by atoms with Crippen LogP contribution >= 0.6 is 11.6 Å². The summed E-state index contributed by atoms with van der Waals surface area (Å²) in [6.07, 6.45) is -1.39. The molecule has 0 aliphatic carbocycles. The van der Waals surface area contributed by atoms with Crippen LogP contribution in [0.2, 0.25) is 5.02 Å². The molecule has 0 amide bonds. The number of methoxy groups -OCH3 is 1. The number of benzene rings is 3. The number of hydrogen-bond donors (Lipinski definition) is 1. The lowest BCUT2D eigenvalue weighted by molar-refractivity contribution is -0.154. The fourth-order valence-corrected chi connectivity index (χ4v) is 3.75. The first-order chi connectivity index (χ1) is 15.4. The standard InChI is InChI=1S/C26H28ClNO4/c1-4-32-26(30)25(29)24(20-8-6-5-7-9-20)28(21-13-10-18(2)23(27)16-21)17-19-11-14-22(31-3)15-12-19/h5-16,24-25,29H,4,17H2,1-3H3/t24-,25-/m1/s1. The summed E-state index contributed by atoms with van der Waals surface area (Å²) in [4.78, 5) is 14.6. The van der Waals surface area contributed by atoms with Crippen LogP contribution in [-0.2, 0) is 16.1 Å². The molecule has 0 aliphatic rings. The van der Waals surface area contributed by atoms with Crippen LogP contribution in [0.4, 0.5) is 5.69 Å². The Balaban J connectivity index is 2.10. The Morgan fingerprint density at radius 1 is 1.06 bits per heavy atom. The van der Waals surface area contributed by atoms with Crippen molar-refractivity contribution in [3.8, 4) is 5.75 Å². The number of hydrogen-bond acceptors (Lipinski definition) is 5. The number of aliphatic hydroxyl groups is 1. The van der Waals surface area contributed by atoms with Crippen molar-refractivity contribution in [1.82, 2.24) is 0 Å². The van der Waals surface area contributed by atoms with Crippen LogP contribution in [0.1, 0.15) is 29.7 Å². The summed E-state index contributed by atoms with van der Waals surface area (Å²) in [5.41, 5.74) is 3.51. The highest BCUT2D eigenvalue weighted by atomic mass is 35.5. The monoisotopic (exact) mass is 453 g/mol. The zero-order chi connectivity index (χ0) is 23.1. The maximum atomic E-state index is 12.6. The first-order valence-corrected chi connectivity index (χ1v) is 10.9. The molecular formula is C26H28ClNO4. The highest BCUT2D eigenvalue weighted by Gasteiger charge is 2.34. The highest BCUT2D eigenvalue weighted by Crippen LogP contribution is 2.34. The van der Waals surface area contributed by atoms with Crippen molar-refractivity contribution >= 4 is 23.3 Å². The van der Waals surface area contributed by atoms with Gasteiger partial charge in [-0.15, -0.1) is 0 Å². The molecule has 6 heteroatoms. The summed E-state index contributed by atoms with van der Waals surface area (Å²) in [7, 11) is 1.62. The predicted octanol–water partition coefficient (Wildman–Crippen LogP) is 5.33. The van der Waals surface area contributed by atoms with Gasteiger partial charge < -0.3 is 19.5 Å². The Bertz CT molecular complexity index is 1020. The Morgan fingerprint density at radius 2 is 1.75 bits per heavy atom. The molecule has 0 fully saturated rings. The first-order valence-electron chi connectivity index (χ1n) is 10.5. The summed E-state index contributed by atoms with van der Waals surface area (Å²) in [6, 6.07) is 22.2. The molecule has 0 aromatic heterocycles. The molecule has 3 rings (SSSR count). The molecule has 0 spiro atoms. The summed E-state index contributed by atoms with van der Waals surface area (Å²) in [6.45, 7) is 4.27. The molecule has 0 bridgehead atoms. The molecular weight excluding hydrogens is 426 g/mol. The zero-order valence-corrected chi connectivity index (χ0v) is 19.3. The number of carbonyl (C=O) groups is 1. The van der Waals surface area contributed by atoms with Gasteiger partial charge in [0, 0.05) is 17.3 Å². The molecule has 0 heterocycles. The smallest absolute Gasteiger partial charge is 0.337 e. The predicted molar refractivity (Wildman–Crippen MR) is 127 cm³/mol. The van der Waals surface area contributed by atoms with Gasteiger partial charge in [-0.25, -0.2) is 4.79 Å². The Morgan fingerprint density at radius 3 is 2.34 bits per heavy atom.